The molecule has 0 bridgehead atoms. The summed E-state index contributed by atoms with van der Waals surface area (Å²) in [4.78, 5) is 0. The Bertz CT molecular complexity index is 154. The van der Waals surface area contributed by atoms with E-state index in [9.17, 15) is 0 Å². The van der Waals surface area contributed by atoms with Crippen molar-refractivity contribution in [2.24, 2.45) is 0 Å². The molecule has 0 saturated carbocycles. The third-order valence-corrected chi connectivity index (χ3v) is 3.63. The van der Waals surface area contributed by atoms with Gasteiger partial charge in [0.15, 0.2) is 0 Å². The average Bonchev–Trinajstić information content (AvgIpc) is 2.34. The van der Waals surface area contributed by atoms with Gasteiger partial charge in [-0.15, -0.1) is 0 Å². The van der Waals surface area contributed by atoms with Gasteiger partial charge < -0.3 is 5.32 Å². The zero-order chi connectivity index (χ0) is 13.6. The monoisotopic (exact) mass is 255 g/mol. The summed E-state index contributed by atoms with van der Waals surface area (Å²) in [6.45, 7) is 9.11. The Balaban J connectivity index is 3.49. The molecule has 0 aliphatic heterocycles. The Labute approximate surface area is 116 Å². The summed E-state index contributed by atoms with van der Waals surface area (Å²) in [6, 6.07) is 1.40. The lowest BCUT2D eigenvalue weighted by atomic mass is 10.0. The van der Waals surface area contributed by atoms with Crippen molar-refractivity contribution in [3.63, 3.8) is 0 Å². The Morgan fingerprint density at radius 1 is 0.667 bits per heavy atom. The minimum atomic E-state index is 0.636. The first-order valence-corrected chi connectivity index (χ1v) is 8.46. The van der Waals surface area contributed by atoms with Crippen LogP contribution in [0.1, 0.15) is 98.3 Å². The van der Waals surface area contributed by atoms with Crippen LogP contribution in [0.25, 0.3) is 0 Å². The van der Waals surface area contributed by atoms with Crippen LogP contribution in [0.15, 0.2) is 0 Å². The molecule has 0 saturated heterocycles. The van der Waals surface area contributed by atoms with Crippen molar-refractivity contribution >= 4 is 0 Å². The van der Waals surface area contributed by atoms with Gasteiger partial charge in [0.25, 0.3) is 0 Å². The van der Waals surface area contributed by atoms with E-state index in [2.05, 4.69) is 33.0 Å². The maximum atomic E-state index is 3.73. The molecule has 0 fully saturated rings. The zero-order valence-electron chi connectivity index (χ0n) is 13.4. The molecule has 1 nitrogen and oxygen atoms in total. The first-order valence-electron chi connectivity index (χ1n) is 8.46. The van der Waals surface area contributed by atoms with Crippen molar-refractivity contribution in [3.05, 3.63) is 0 Å². The van der Waals surface area contributed by atoms with E-state index in [1.165, 1.54) is 70.6 Å². The van der Waals surface area contributed by atoms with Gasteiger partial charge >= 0.3 is 0 Å². The molecular weight excluding hydrogens is 218 g/mol. The SMILES string of the molecule is CCCCCCCCCC(CCCC)NC(C)C. The first kappa shape index (κ1) is 18.0. The first-order chi connectivity index (χ1) is 8.70. The number of rotatable bonds is 13. The highest BCUT2D eigenvalue weighted by atomic mass is 14.9. The molecule has 1 N–H and O–H groups in total. The maximum absolute atomic E-state index is 3.73. The molecule has 1 atom stereocenters. The highest BCUT2D eigenvalue weighted by molar-refractivity contribution is 4.69. The van der Waals surface area contributed by atoms with Crippen molar-refractivity contribution in [2.75, 3.05) is 0 Å². The summed E-state index contributed by atoms with van der Waals surface area (Å²) in [7, 11) is 0. The fourth-order valence-electron chi connectivity index (χ4n) is 2.58. The van der Waals surface area contributed by atoms with E-state index in [1.54, 1.807) is 0 Å². The maximum Gasteiger partial charge on any atom is 0.00694 e. The summed E-state index contributed by atoms with van der Waals surface area (Å²) in [5.74, 6) is 0. The lowest BCUT2D eigenvalue weighted by Gasteiger charge is -2.21. The molecule has 0 amide bonds. The van der Waals surface area contributed by atoms with Crippen LogP contribution >= 0.6 is 0 Å². The third-order valence-electron chi connectivity index (χ3n) is 3.63. The number of hydrogen-bond donors (Lipinski definition) is 1. The number of hydrogen-bond acceptors (Lipinski definition) is 1. The van der Waals surface area contributed by atoms with Gasteiger partial charge in [-0.3, -0.25) is 0 Å². The zero-order valence-corrected chi connectivity index (χ0v) is 13.4. The fourth-order valence-corrected chi connectivity index (χ4v) is 2.58. The second kappa shape index (κ2) is 13.4. The Hall–Kier alpha value is -0.0400. The molecule has 18 heavy (non-hydrogen) atoms. The van der Waals surface area contributed by atoms with Gasteiger partial charge in [0.2, 0.25) is 0 Å². The molecular formula is C17H37N. The van der Waals surface area contributed by atoms with Gasteiger partial charge in [0.1, 0.15) is 0 Å². The molecule has 0 heterocycles. The summed E-state index contributed by atoms with van der Waals surface area (Å²) < 4.78 is 0. The van der Waals surface area contributed by atoms with E-state index >= 15 is 0 Å². The van der Waals surface area contributed by atoms with E-state index < -0.39 is 0 Å². The minimum Gasteiger partial charge on any atom is -0.312 e. The van der Waals surface area contributed by atoms with Gasteiger partial charge in [-0.1, -0.05) is 85.5 Å². The lowest BCUT2D eigenvalue weighted by molar-refractivity contribution is 0.391. The van der Waals surface area contributed by atoms with Crippen LogP contribution in [0.4, 0.5) is 0 Å². The quantitative estimate of drug-likeness (QED) is 0.417. The molecule has 0 aromatic heterocycles. The molecule has 0 aliphatic carbocycles. The van der Waals surface area contributed by atoms with Gasteiger partial charge in [-0.2, -0.15) is 0 Å². The van der Waals surface area contributed by atoms with Crippen molar-refractivity contribution in [2.45, 2.75) is 110 Å². The van der Waals surface area contributed by atoms with Gasteiger partial charge in [-0.25, -0.2) is 0 Å². The topological polar surface area (TPSA) is 12.0 Å². The Morgan fingerprint density at radius 2 is 1.17 bits per heavy atom. The van der Waals surface area contributed by atoms with Crippen molar-refractivity contribution < 1.29 is 0 Å². The average molecular weight is 255 g/mol. The van der Waals surface area contributed by atoms with Crippen LogP contribution < -0.4 is 5.32 Å². The van der Waals surface area contributed by atoms with Gasteiger partial charge in [-0.05, 0) is 12.8 Å². The van der Waals surface area contributed by atoms with Crippen LogP contribution in [0.2, 0.25) is 0 Å². The van der Waals surface area contributed by atoms with E-state index in [4.69, 9.17) is 0 Å². The summed E-state index contributed by atoms with van der Waals surface area (Å²) in [5, 5.41) is 3.73. The molecule has 0 radical (unpaired) electrons. The summed E-state index contributed by atoms with van der Waals surface area (Å²) >= 11 is 0. The number of unbranched alkanes of at least 4 members (excludes halogenated alkanes) is 7. The van der Waals surface area contributed by atoms with E-state index in [-0.39, 0.29) is 0 Å². The fraction of sp³-hybridized carbons (Fsp3) is 1.00. The van der Waals surface area contributed by atoms with Crippen molar-refractivity contribution in [1.82, 2.24) is 5.32 Å². The molecule has 0 rings (SSSR count). The molecule has 110 valence electrons. The Kier molecular flexibility index (Phi) is 13.4. The van der Waals surface area contributed by atoms with Crippen molar-refractivity contribution in [3.8, 4) is 0 Å². The second-order valence-corrected chi connectivity index (χ2v) is 6.07. The smallest absolute Gasteiger partial charge is 0.00694 e. The number of nitrogens with one attached hydrogen (secondary N) is 1. The van der Waals surface area contributed by atoms with Crippen LogP contribution in [-0.2, 0) is 0 Å². The van der Waals surface area contributed by atoms with Crippen LogP contribution in [-0.4, -0.2) is 12.1 Å². The highest BCUT2D eigenvalue weighted by Gasteiger charge is 2.08. The highest BCUT2D eigenvalue weighted by Crippen LogP contribution is 2.13. The molecule has 1 heteroatoms. The molecule has 1 unspecified atom stereocenters. The lowest BCUT2D eigenvalue weighted by Crippen LogP contribution is -2.34. The van der Waals surface area contributed by atoms with Gasteiger partial charge in [0.05, 0.1) is 0 Å². The summed E-state index contributed by atoms with van der Waals surface area (Å²) in [5.41, 5.74) is 0. The molecule has 0 aromatic carbocycles. The molecule has 0 aliphatic rings. The van der Waals surface area contributed by atoms with E-state index in [0.29, 0.717) is 6.04 Å². The third kappa shape index (κ3) is 12.4. The van der Waals surface area contributed by atoms with E-state index in [0.717, 1.165) is 6.04 Å². The van der Waals surface area contributed by atoms with Crippen LogP contribution in [0, 0.1) is 0 Å². The largest absolute Gasteiger partial charge is 0.312 e. The predicted octanol–water partition coefficient (Wildman–Crippen LogP) is 5.68. The predicted molar refractivity (Wildman–Crippen MR) is 84.2 cm³/mol. The summed E-state index contributed by atoms with van der Waals surface area (Å²) in [6.07, 6.45) is 15.4. The molecule has 0 spiro atoms. The van der Waals surface area contributed by atoms with Crippen LogP contribution in [0.3, 0.4) is 0 Å². The van der Waals surface area contributed by atoms with Gasteiger partial charge in [0, 0.05) is 12.1 Å². The van der Waals surface area contributed by atoms with Crippen molar-refractivity contribution in [1.29, 1.82) is 0 Å². The normalized spacial score (nSPS) is 13.2. The molecule has 0 aromatic rings. The Morgan fingerprint density at radius 3 is 1.72 bits per heavy atom. The standard InChI is InChI=1S/C17H37N/c1-5-7-9-10-11-12-13-15-17(14-8-6-2)18-16(3)4/h16-18H,5-15H2,1-4H3. The minimum absolute atomic E-state index is 0.636. The second-order valence-electron chi connectivity index (χ2n) is 6.07. The van der Waals surface area contributed by atoms with E-state index in [1.807, 2.05) is 0 Å². The van der Waals surface area contributed by atoms with Crippen LogP contribution in [0.5, 0.6) is 0 Å².